The molecule has 3 amide bonds. The van der Waals surface area contributed by atoms with Crippen molar-refractivity contribution in [2.24, 2.45) is 0 Å². The van der Waals surface area contributed by atoms with Crippen molar-refractivity contribution in [3.8, 4) is 5.75 Å². The lowest BCUT2D eigenvalue weighted by Gasteiger charge is -2.12. The molecule has 3 rings (SSSR count). The van der Waals surface area contributed by atoms with Crippen LogP contribution in [0.1, 0.15) is 12.0 Å². The summed E-state index contributed by atoms with van der Waals surface area (Å²) in [4.78, 5) is 37.6. The molecule has 0 aromatic heterocycles. The third kappa shape index (κ3) is 4.73. The van der Waals surface area contributed by atoms with Crippen LogP contribution in [0, 0.1) is 5.82 Å². The number of hydrogen-bond acceptors (Lipinski definition) is 5. The van der Waals surface area contributed by atoms with Crippen molar-refractivity contribution in [3.63, 3.8) is 0 Å². The third-order valence-electron chi connectivity index (χ3n) is 3.71. The fraction of sp³-hybridized carbons (Fsp3) is 0.105. The van der Waals surface area contributed by atoms with Gasteiger partial charge in [-0.25, -0.2) is 4.39 Å². The number of amides is 3. The Morgan fingerprint density at radius 1 is 1.19 bits per heavy atom. The van der Waals surface area contributed by atoms with Gasteiger partial charge in [-0.15, -0.1) is 0 Å². The Morgan fingerprint density at radius 2 is 1.96 bits per heavy atom. The van der Waals surface area contributed by atoms with E-state index in [0.29, 0.717) is 11.3 Å². The molecule has 1 fully saturated rings. The maximum absolute atomic E-state index is 13.2. The van der Waals surface area contributed by atoms with Gasteiger partial charge in [0, 0.05) is 24.7 Å². The van der Waals surface area contributed by atoms with Gasteiger partial charge in [-0.2, -0.15) is 0 Å². The minimum atomic E-state index is -0.514. The number of carbonyl (C=O) groups excluding carboxylic acids is 3. The molecule has 2 aromatic rings. The maximum atomic E-state index is 13.2. The molecule has 6 nitrogen and oxygen atoms in total. The molecule has 1 heterocycles. The van der Waals surface area contributed by atoms with Crippen LogP contribution < -0.4 is 5.32 Å². The number of phenols is 1. The summed E-state index contributed by atoms with van der Waals surface area (Å²) >= 11 is 0.751. The number of phenolic OH excluding ortho intramolecular Hbond substituents is 1. The number of carbonyl (C=O) groups is 3. The summed E-state index contributed by atoms with van der Waals surface area (Å²) < 4.78 is 13.2. The van der Waals surface area contributed by atoms with E-state index in [9.17, 15) is 23.9 Å². The highest BCUT2D eigenvalue weighted by Crippen LogP contribution is 2.32. The number of rotatable bonds is 5. The monoisotopic (exact) mass is 386 g/mol. The van der Waals surface area contributed by atoms with Crippen LogP contribution in [0.3, 0.4) is 0 Å². The number of imide groups is 1. The Balaban J connectivity index is 1.61. The zero-order valence-electron chi connectivity index (χ0n) is 14.0. The van der Waals surface area contributed by atoms with Crippen molar-refractivity contribution in [1.82, 2.24) is 4.90 Å². The van der Waals surface area contributed by atoms with E-state index >= 15 is 0 Å². The average Bonchev–Trinajstić information content (AvgIpc) is 2.86. The van der Waals surface area contributed by atoms with E-state index in [4.69, 9.17) is 0 Å². The van der Waals surface area contributed by atoms with Crippen LogP contribution in [-0.4, -0.2) is 33.6 Å². The van der Waals surface area contributed by atoms with Gasteiger partial charge in [-0.1, -0.05) is 18.2 Å². The summed E-state index contributed by atoms with van der Waals surface area (Å²) in [6.07, 6.45) is 1.36. The second kappa shape index (κ2) is 8.05. The van der Waals surface area contributed by atoms with Gasteiger partial charge in [0.25, 0.3) is 11.1 Å². The fourth-order valence-electron chi connectivity index (χ4n) is 2.46. The Labute approximate surface area is 158 Å². The predicted octanol–water partition coefficient (Wildman–Crippen LogP) is 3.60. The number of nitrogens with one attached hydrogen (secondary N) is 1. The van der Waals surface area contributed by atoms with Crippen molar-refractivity contribution in [1.29, 1.82) is 0 Å². The number of halogens is 1. The molecule has 0 aliphatic carbocycles. The molecule has 2 aromatic carbocycles. The number of thioether (sulfide) groups is 1. The normalized spacial score (nSPS) is 15.4. The van der Waals surface area contributed by atoms with E-state index in [2.05, 4.69) is 5.32 Å². The highest BCUT2D eigenvalue weighted by atomic mass is 32.2. The topological polar surface area (TPSA) is 86.7 Å². The number of nitrogens with zero attached hydrogens (tertiary/aromatic N) is 1. The molecule has 8 heteroatoms. The summed E-state index contributed by atoms with van der Waals surface area (Å²) in [5.74, 6) is -1.33. The molecule has 0 radical (unpaired) electrons. The van der Waals surface area contributed by atoms with Crippen molar-refractivity contribution < 1.29 is 23.9 Å². The summed E-state index contributed by atoms with van der Waals surface area (Å²) in [6.45, 7) is -0.0736. The van der Waals surface area contributed by atoms with Crippen LogP contribution in [0.15, 0.2) is 53.4 Å². The zero-order chi connectivity index (χ0) is 19.4. The van der Waals surface area contributed by atoms with Crippen LogP contribution in [0.25, 0.3) is 6.08 Å². The summed E-state index contributed by atoms with van der Waals surface area (Å²) in [7, 11) is 0. The fourth-order valence-corrected chi connectivity index (χ4v) is 3.33. The van der Waals surface area contributed by atoms with E-state index in [-0.39, 0.29) is 23.6 Å². The van der Waals surface area contributed by atoms with Gasteiger partial charge >= 0.3 is 0 Å². The molecule has 27 heavy (non-hydrogen) atoms. The van der Waals surface area contributed by atoms with Crippen LogP contribution in [0.5, 0.6) is 5.75 Å². The highest BCUT2D eigenvalue weighted by Gasteiger charge is 2.35. The van der Waals surface area contributed by atoms with Crippen LogP contribution in [-0.2, 0) is 9.59 Å². The first-order chi connectivity index (χ1) is 12.9. The van der Waals surface area contributed by atoms with Crippen molar-refractivity contribution >= 4 is 40.6 Å². The minimum absolute atomic E-state index is 0.0150. The Morgan fingerprint density at radius 3 is 2.70 bits per heavy atom. The first-order valence-electron chi connectivity index (χ1n) is 8.02. The van der Waals surface area contributed by atoms with Gasteiger partial charge in [-0.05, 0) is 47.7 Å². The van der Waals surface area contributed by atoms with Gasteiger partial charge < -0.3 is 10.4 Å². The van der Waals surface area contributed by atoms with Crippen LogP contribution >= 0.6 is 11.8 Å². The molecular formula is C19H15FN2O4S. The lowest BCUT2D eigenvalue weighted by molar-refractivity contribution is -0.123. The average molecular weight is 386 g/mol. The smallest absolute Gasteiger partial charge is 0.293 e. The molecule has 0 spiro atoms. The Kier molecular flexibility index (Phi) is 5.56. The number of anilines is 1. The van der Waals surface area contributed by atoms with Crippen molar-refractivity contribution in [2.45, 2.75) is 6.42 Å². The van der Waals surface area contributed by atoms with Crippen LogP contribution in [0.4, 0.5) is 14.9 Å². The number of benzene rings is 2. The van der Waals surface area contributed by atoms with Crippen LogP contribution in [0.2, 0.25) is 0 Å². The largest absolute Gasteiger partial charge is 0.508 e. The molecule has 0 atom stereocenters. The van der Waals surface area contributed by atoms with E-state index < -0.39 is 22.9 Å². The number of aromatic hydroxyl groups is 1. The first kappa shape index (κ1) is 18.7. The molecule has 1 saturated heterocycles. The zero-order valence-corrected chi connectivity index (χ0v) is 14.8. The molecule has 1 aliphatic heterocycles. The molecule has 2 N–H and O–H groups in total. The van der Waals surface area contributed by atoms with Gasteiger partial charge in [0.2, 0.25) is 5.91 Å². The maximum Gasteiger partial charge on any atom is 0.293 e. The van der Waals surface area contributed by atoms with E-state index in [1.807, 2.05) is 0 Å². The molecular weight excluding hydrogens is 371 g/mol. The summed E-state index contributed by atoms with van der Waals surface area (Å²) in [5, 5.41) is 11.5. The molecule has 138 valence electrons. The minimum Gasteiger partial charge on any atom is -0.508 e. The molecule has 0 unspecified atom stereocenters. The second-order valence-electron chi connectivity index (χ2n) is 5.74. The molecule has 0 saturated carbocycles. The van der Waals surface area contributed by atoms with E-state index in [1.165, 1.54) is 36.4 Å². The summed E-state index contributed by atoms with van der Waals surface area (Å²) in [6, 6.07) is 11.7. The predicted molar refractivity (Wildman–Crippen MR) is 100 cm³/mol. The lowest BCUT2D eigenvalue weighted by atomic mass is 10.2. The Bertz CT molecular complexity index is 945. The highest BCUT2D eigenvalue weighted by molar-refractivity contribution is 8.18. The van der Waals surface area contributed by atoms with Gasteiger partial charge in [0.05, 0.1) is 4.91 Å². The van der Waals surface area contributed by atoms with E-state index in [0.717, 1.165) is 16.7 Å². The second-order valence-corrected chi connectivity index (χ2v) is 6.73. The van der Waals surface area contributed by atoms with Gasteiger partial charge in [0.15, 0.2) is 0 Å². The van der Waals surface area contributed by atoms with Gasteiger partial charge in [-0.3, -0.25) is 19.3 Å². The summed E-state index contributed by atoms with van der Waals surface area (Å²) in [5.41, 5.74) is 0.891. The lowest BCUT2D eigenvalue weighted by Crippen LogP contribution is -2.31. The standard InChI is InChI=1S/C19H15FN2O4S/c20-13-4-1-3-12(9-13)10-16-18(25)22(19(26)27-16)8-7-17(24)21-14-5-2-6-15(23)11-14/h1-6,9-11,23H,7-8H2,(H,21,24). The van der Waals surface area contributed by atoms with Crippen molar-refractivity contribution in [2.75, 3.05) is 11.9 Å². The van der Waals surface area contributed by atoms with E-state index in [1.54, 1.807) is 18.2 Å². The first-order valence-corrected chi connectivity index (χ1v) is 8.84. The van der Waals surface area contributed by atoms with Gasteiger partial charge in [0.1, 0.15) is 11.6 Å². The number of hydrogen-bond donors (Lipinski definition) is 2. The molecule has 0 bridgehead atoms. The quantitative estimate of drug-likeness (QED) is 0.767. The Hall–Kier alpha value is -3.13. The SMILES string of the molecule is O=C(CCN1C(=O)SC(=Cc2cccc(F)c2)C1=O)Nc1cccc(O)c1. The van der Waals surface area contributed by atoms with Crippen molar-refractivity contribution in [3.05, 3.63) is 64.8 Å². The third-order valence-corrected chi connectivity index (χ3v) is 4.62. The molecule has 1 aliphatic rings.